The molecule has 11 heteroatoms. The molecular weight excluding hydrogens is 576 g/mol. The van der Waals surface area contributed by atoms with Crippen molar-refractivity contribution in [1.82, 2.24) is 33.9 Å². The Morgan fingerprint density at radius 2 is 1.91 bits per heavy atom. The van der Waals surface area contributed by atoms with Crippen LogP contribution in [-0.2, 0) is 6.54 Å². The molecule has 2 aliphatic rings. The van der Waals surface area contributed by atoms with E-state index in [9.17, 15) is 4.79 Å². The second-order valence-corrected chi connectivity index (χ2v) is 12.3. The van der Waals surface area contributed by atoms with E-state index in [0.29, 0.717) is 52.7 Å². The highest BCUT2D eigenvalue weighted by atomic mass is 35.5. The maximum Gasteiger partial charge on any atom is 0.274 e. The minimum absolute atomic E-state index is 0.290. The topological polar surface area (TPSA) is 92.8 Å². The Morgan fingerprint density at radius 3 is 2.70 bits per heavy atom. The number of fused-ring (bicyclic) bond motifs is 2. The zero-order chi connectivity index (χ0) is 30.2. The molecule has 0 bridgehead atoms. The second kappa shape index (κ2) is 12.2. The summed E-state index contributed by atoms with van der Waals surface area (Å²) >= 11 is 6.63. The fraction of sp³-hybridized carbons (Fsp3) is 0.394. The van der Waals surface area contributed by atoms with Crippen LogP contribution in [0.25, 0.3) is 16.6 Å². The Kier molecular flexibility index (Phi) is 7.97. The van der Waals surface area contributed by atoms with Gasteiger partial charge < -0.3 is 10.1 Å². The molecule has 0 radical (unpaired) electrons. The number of piperazine rings is 1. The minimum Gasteiger partial charge on any atom is -0.492 e. The third-order valence-electron chi connectivity index (χ3n) is 8.65. The number of aromatic nitrogens is 5. The summed E-state index contributed by atoms with van der Waals surface area (Å²) in [4.78, 5) is 27.7. The van der Waals surface area contributed by atoms with Crippen LogP contribution in [0.15, 0.2) is 60.9 Å². The Labute approximate surface area is 261 Å². The van der Waals surface area contributed by atoms with Crippen molar-refractivity contribution in [2.24, 2.45) is 0 Å². The largest absolute Gasteiger partial charge is 0.492 e. The first-order valence-corrected chi connectivity index (χ1v) is 15.8. The van der Waals surface area contributed by atoms with Crippen molar-refractivity contribution >= 4 is 39.7 Å². The van der Waals surface area contributed by atoms with E-state index in [-0.39, 0.29) is 5.91 Å². The van der Waals surface area contributed by atoms with Crippen LogP contribution in [0.4, 0.5) is 5.69 Å². The molecule has 5 heterocycles. The first kappa shape index (κ1) is 28.8. The number of nitrogens with one attached hydrogen (secondary N) is 1. The van der Waals surface area contributed by atoms with Gasteiger partial charge in [-0.3, -0.25) is 28.7 Å². The summed E-state index contributed by atoms with van der Waals surface area (Å²) in [6.45, 7) is 10.8. The molecule has 5 aromatic rings. The van der Waals surface area contributed by atoms with Gasteiger partial charge >= 0.3 is 0 Å². The fourth-order valence-electron chi connectivity index (χ4n) is 5.95. The number of imidazole rings is 1. The number of carbonyl (C=O) groups excluding carboxylic acids is 1. The molecule has 7 rings (SSSR count). The molecule has 0 spiro atoms. The molecule has 0 unspecified atom stereocenters. The molecule has 1 saturated heterocycles. The summed E-state index contributed by atoms with van der Waals surface area (Å²) in [5.41, 5.74) is 4.55. The summed E-state index contributed by atoms with van der Waals surface area (Å²) in [5.74, 6) is 1.02. The van der Waals surface area contributed by atoms with Gasteiger partial charge in [-0.25, -0.2) is 4.98 Å². The van der Waals surface area contributed by atoms with Gasteiger partial charge in [0.25, 0.3) is 5.91 Å². The van der Waals surface area contributed by atoms with Crippen molar-refractivity contribution in [2.45, 2.75) is 45.2 Å². The Morgan fingerprint density at radius 1 is 1.09 bits per heavy atom. The highest BCUT2D eigenvalue weighted by Crippen LogP contribution is 2.39. The number of rotatable bonds is 10. The predicted molar refractivity (Wildman–Crippen MR) is 172 cm³/mol. The first-order valence-electron chi connectivity index (χ1n) is 15.4. The number of hydrogen-bond donors (Lipinski definition) is 1. The standard InChI is InChI=1S/C33H37ClN8O2/c1-22(2)40-15-13-39(14-16-40)17-18-44-25-11-12-41-29(20-35-30(41)19-25)33(43)37-27-7-4-8-28-31(27)32(34)38-42(28)21-24-5-3-6-26(36-24)23-9-10-23/h3-8,11-12,19-20,22-23H,9-10,13-18,21H2,1-2H3,(H,37,43). The van der Waals surface area contributed by atoms with Crippen LogP contribution in [0.2, 0.25) is 5.15 Å². The maximum absolute atomic E-state index is 13.5. The van der Waals surface area contributed by atoms with Gasteiger partial charge in [-0.2, -0.15) is 5.10 Å². The van der Waals surface area contributed by atoms with Gasteiger partial charge in [0.15, 0.2) is 5.15 Å². The number of benzene rings is 1. The lowest BCUT2D eigenvalue weighted by Gasteiger charge is -2.36. The number of ether oxygens (including phenoxy) is 1. The fourth-order valence-corrected chi connectivity index (χ4v) is 6.24. The first-order chi connectivity index (χ1) is 21.4. The number of anilines is 1. The van der Waals surface area contributed by atoms with Crippen molar-refractivity contribution in [3.8, 4) is 5.75 Å². The van der Waals surface area contributed by atoms with Gasteiger partial charge in [0.1, 0.15) is 23.7 Å². The van der Waals surface area contributed by atoms with E-state index in [1.54, 1.807) is 10.6 Å². The smallest absolute Gasteiger partial charge is 0.274 e. The van der Waals surface area contributed by atoms with Gasteiger partial charge in [-0.05, 0) is 57.0 Å². The van der Waals surface area contributed by atoms with E-state index in [1.807, 2.05) is 47.3 Å². The number of amides is 1. The molecule has 4 aromatic heterocycles. The van der Waals surface area contributed by atoms with Crippen molar-refractivity contribution in [3.05, 3.63) is 83.2 Å². The van der Waals surface area contributed by atoms with E-state index < -0.39 is 0 Å². The second-order valence-electron chi connectivity index (χ2n) is 12.0. The van der Waals surface area contributed by atoms with Crippen LogP contribution in [0.3, 0.4) is 0 Å². The van der Waals surface area contributed by atoms with E-state index in [2.05, 4.69) is 51.2 Å². The SMILES string of the molecule is CC(C)N1CCN(CCOc2ccn3c(C(=O)Nc4cccc5c4c(Cl)nn5Cc4cccc(C5CC5)n4)cnc3c2)CC1. The minimum atomic E-state index is -0.290. The van der Waals surface area contributed by atoms with Crippen molar-refractivity contribution in [3.63, 3.8) is 0 Å². The number of nitrogens with zero attached hydrogens (tertiary/aromatic N) is 7. The lowest BCUT2D eigenvalue weighted by molar-refractivity contribution is 0.0971. The Balaban J connectivity index is 1.02. The van der Waals surface area contributed by atoms with Crippen LogP contribution >= 0.6 is 11.6 Å². The predicted octanol–water partition coefficient (Wildman–Crippen LogP) is 5.32. The monoisotopic (exact) mass is 612 g/mol. The number of pyridine rings is 2. The van der Waals surface area contributed by atoms with Crippen molar-refractivity contribution < 1.29 is 9.53 Å². The Hall–Kier alpha value is -3.99. The summed E-state index contributed by atoms with van der Waals surface area (Å²) in [5, 5.41) is 8.64. The average Bonchev–Trinajstić information content (AvgIpc) is 3.72. The average molecular weight is 613 g/mol. The van der Waals surface area contributed by atoms with E-state index >= 15 is 0 Å². The van der Waals surface area contributed by atoms with Gasteiger partial charge in [0.05, 0.1) is 35.0 Å². The molecule has 0 atom stereocenters. The third kappa shape index (κ3) is 6.02. The van der Waals surface area contributed by atoms with Crippen LogP contribution in [0.5, 0.6) is 5.75 Å². The van der Waals surface area contributed by atoms with Gasteiger partial charge in [0, 0.05) is 62.6 Å². The molecule has 2 fully saturated rings. The highest BCUT2D eigenvalue weighted by molar-refractivity contribution is 6.35. The van der Waals surface area contributed by atoms with Crippen LogP contribution in [-0.4, -0.2) is 85.2 Å². The lowest BCUT2D eigenvalue weighted by atomic mass is 10.2. The third-order valence-corrected chi connectivity index (χ3v) is 8.91. The van der Waals surface area contributed by atoms with Gasteiger partial charge in [-0.1, -0.05) is 23.7 Å². The number of hydrogen-bond acceptors (Lipinski definition) is 7. The van der Waals surface area contributed by atoms with Gasteiger partial charge in [0.2, 0.25) is 0 Å². The molecule has 1 amide bonds. The molecule has 1 aromatic carbocycles. The number of carbonyl (C=O) groups is 1. The molecule has 1 saturated carbocycles. The summed E-state index contributed by atoms with van der Waals surface area (Å²) < 4.78 is 9.65. The zero-order valence-corrected chi connectivity index (χ0v) is 25.9. The van der Waals surface area contributed by atoms with E-state index in [0.717, 1.165) is 55.4 Å². The molecule has 1 aliphatic carbocycles. The quantitative estimate of drug-likeness (QED) is 0.228. The van der Waals surface area contributed by atoms with Gasteiger partial charge in [-0.15, -0.1) is 0 Å². The summed E-state index contributed by atoms with van der Waals surface area (Å²) in [7, 11) is 0. The molecule has 1 aliphatic heterocycles. The molecule has 10 nitrogen and oxygen atoms in total. The van der Waals surface area contributed by atoms with Crippen LogP contribution < -0.4 is 10.1 Å². The molecule has 228 valence electrons. The van der Waals surface area contributed by atoms with Crippen molar-refractivity contribution in [1.29, 1.82) is 0 Å². The zero-order valence-electron chi connectivity index (χ0n) is 25.1. The number of halogens is 1. The van der Waals surface area contributed by atoms with E-state index in [1.165, 1.54) is 12.8 Å². The molecular formula is C33H37ClN8O2. The van der Waals surface area contributed by atoms with Crippen LogP contribution in [0, 0.1) is 0 Å². The van der Waals surface area contributed by atoms with Crippen molar-refractivity contribution in [2.75, 3.05) is 44.6 Å². The normalized spacial score (nSPS) is 16.3. The highest BCUT2D eigenvalue weighted by Gasteiger charge is 2.25. The lowest BCUT2D eigenvalue weighted by Crippen LogP contribution is -2.49. The molecule has 1 N–H and O–H groups in total. The van der Waals surface area contributed by atoms with E-state index in [4.69, 9.17) is 21.3 Å². The van der Waals surface area contributed by atoms with Crippen LogP contribution in [0.1, 0.15) is 54.5 Å². The summed E-state index contributed by atoms with van der Waals surface area (Å²) in [6.07, 6.45) is 5.80. The Bertz CT molecular complexity index is 1800. The summed E-state index contributed by atoms with van der Waals surface area (Å²) in [6, 6.07) is 16.2. The maximum atomic E-state index is 13.5. The molecule has 44 heavy (non-hydrogen) atoms.